The Morgan fingerprint density at radius 3 is 3.00 bits per heavy atom. The molecule has 0 spiro atoms. The fourth-order valence-electron chi connectivity index (χ4n) is 2.44. The molecule has 1 atom stereocenters. The summed E-state index contributed by atoms with van der Waals surface area (Å²) >= 11 is 0. The first-order chi connectivity index (χ1) is 10.1. The number of piperidine rings is 1. The molecule has 120 valence electrons. The molecule has 0 aromatic carbocycles. The Hall–Kier alpha value is -1.10. The van der Waals surface area contributed by atoms with Gasteiger partial charge in [-0.1, -0.05) is 18.6 Å². The maximum Gasteiger partial charge on any atom is 0.280 e. The van der Waals surface area contributed by atoms with Gasteiger partial charge in [0.1, 0.15) is 0 Å². The summed E-state index contributed by atoms with van der Waals surface area (Å²) in [6.07, 6.45) is 3.89. The van der Waals surface area contributed by atoms with E-state index in [0.29, 0.717) is 18.9 Å². The van der Waals surface area contributed by atoms with E-state index in [2.05, 4.69) is 37.6 Å². The highest BCUT2D eigenvalue weighted by Gasteiger charge is 2.31. The van der Waals surface area contributed by atoms with Crippen molar-refractivity contribution in [2.24, 2.45) is 0 Å². The van der Waals surface area contributed by atoms with Gasteiger partial charge in [0, 0.05) is 19.1 Å². The van der Waals surface area contributed by atoms with Crippen molar-refractivity contribution >= 4 is 10.2 Å². The summed E-state index contributed by atoms with van der Waals surface area (Å²) in [5, 5.41) is 16.5. The molecule has 1 aliphatic heterocycles. The van der Waals surface area contributed by atoms with Gasteiger partial charge in [-0.05, 0) is 25.8 Å². The summed E-state index contributed by atoms with van der Waals surface area (Å²) in [7, 11) is -3.52. The summed E-state index contributed by atoms with van der Waals surface area (Å²) in [5.41, 5.74) is 0. The van der Waals surface area contributed by atoms with Crippen molar-refractivity contribution in [1.82, 2.24) is 35.0 Å². The van der Waals surface area contributed by atoms with E-state index >= 15 is 0 Å². The second kappa shape index (κ2) is 7.78. The molecule has 1 aromatic heterocycles. The summed E-state index contributed by atoms with van der Waals surface area (Å²) in [4.78, 5) is 0. The highest BCUT2D eigenvalue weighted by molar-refractivity contribution is 7.87. The van der Waals surface area contributed by atoms with Crippen LogP contribution in [0.25, 0.3) is 0 Å². The third-order valence-electron chi connectivity index (χ3n) is 3.49. The van der Waals surface area contributed by atoms with Gasteiger partial charge in [0.15, 0.2) is 5.82 Å². The van der Waals surface area contributed by atoms with Crippen LogP contribution in [0.4, 0.5) is 0 Å². The van der Waals surface area contributed by atoms with Crippen LogP contribution in [0.1, 0.15) is 38.4 Å². The van der Waals surface area contributed by atoms with Crippen LogP contribution in [-0.2, 0) is 16.8 Å². The first-order valence-electron chi connectivity index (χ1n) is 7.33. The first kappa shape index (κ1) is 16.3. The minimum atomic E-state index is -3.52. The molecule has 1 aliphatic rings. The quantitative estimate of drug-likeness (QED) is 0.551. The van der Waals surface area contributed by atoms with E-state index in [1.807, 2.05) is 0 Å². The lowest BCUT2D eigenvalue weighted by Crippen LogP contribution is -2.52. The zero-order chi connectivity index (χ0) is 15.1. The number of nitrogens with zero attached hydrogens (tertiary/aromatic N) is 4. The molecule has 10 heteroatoms. The van der Waals surface area contributed by atoms with Gasteiger partial charge in [-0.25, -0.2) is 0 Å². The molecule has 0 amide bonds. The van der Waals surface area contributed by atoms with Crippen molar-refractivity contribution in [2.45, 2.75) is 45.2 Å². The van der Waals surface area contributed by atoms with Crippen molar-refractivity contribution < 1.29 is 8.42 Å². The molecule has 3 N–H and O–H groups in total. The Balaban J connectivity index is 1.94. The van der Waals surface area contributed by atoms with Gasteiger partial charge in [-0.3, -0.25) is 0 Å². The number of nitrogens with one attached hydrogen (secondary N) is 3. The number of tetrazole rings is 1. The summed E-state index contributed by atoms with van der Waals surface area (Å²) < 4.78 is 28.9. The Morgan fingerprint density at radius 1 is 1.43 bits per heavy atom. The van der Waals surface area contributed by atoms with E-state index in [0.717, 1.165) is 32.2 Å². The average Bonchev–Trinajstić information content (AvgIpc) is 2.99. The fraction of sp³-hybridized carbons (Fsp3) is 0.909. The molecule has 21 heavy (non-hydrogen) atoms. The molecule has 0 radical (unpaired) electrons. The van der Waals surface area contributed by atoms with Gasteiger partial charge < -0.3 is 5.32 Å². The van der Waals surface area contributed by atoms with Crippen molar-refractivity contribution in [2.75, 3.05) is 19.6 Å². The maximum atomic E-state index is 12.4. The molecule has 2 heterocycles. The van der Waals surface area contributed by atoms with Gasteiger partial charge in [0.2, 0.25) is 0 Å². The standard InChI is InChI=1S/C11H23N7O2S/c1-2-6-12-8-10-5-3-4-7-18(10)21(19,20)13-9-11-14-16-17-15-11/h10,12-13H,2-9H2,1H3,(H,14,15,16,17). The smallest absolute Gasteiger partial charge is 0.280 e. The number of hydrogen-bond acceptors (Lipinski definition) is 6. The molecule has 1 fully saturated rings. The number of aromatic amines is 1. The van der Waals surface area contributed by atoms with E-state index < -0.39 is 10.2 Å². The fourth-order valence-corrected chi connectivity index (χ4v) is 3.86. The Morgan fingerprint density at radius 2 is 2.29 bits per heavy atom. The lowest BCUT2D eigenvalue weighted by atomic mass is 10.1. The zero-order valence-electron chi connectivity index (χ0n) is 12.2. The zero-order valence-corrected chi connectivity index (χ0v) is 13.1. The van der Waals surface area contributed by atoms with Crippen LogP contribution in [0.15, 0.2) is 0 Å². The van der Waals surface area contributed by atoms with E-state index in [-0.39, 0.29) is 12.6 Å². The summed E-state index contributed by atoms with van der Waals surface area (Å²) in [6, 6.07) is 0.00747. The van der Waals surface area contributed by atoms with Gasteiger partial charge in [0.05, 0.1) is 6.54 Å². The molecule has 1 saturated heterocycles. The minimum Gasteiger partial charge on any atom is -0.315 e. The van der Waals surface area contributed by atoms with Crippen molar-refractivity contribution in [1.29, 1.82) is 0 Å². The summed E-state index contributed by atoms with van der Waals surface area (Å²) in [6.45, 7) is 4.29. The molecule has 0 aliphatic carbocycles. The monoisotopic (exact) mass is 317 g/mol. The van der Waals surface area contributed by atoms with Gasteiger partial charge in [0.25, 0.3) is 10.2 Å². The van der Waals surface area contributed by atoms with Crippen LogP contribution in [0.5, 0.6) is 0 Å². The lowest BCUT2D eigenvalue weighted by Gasteiger charge is -2.34. The van der Waals surface area contributed by atoms with Crippen molar-refractivity contribution in [3.8, 4) is 0 Å². The molecule has 2 rings (SSSR count). The van der Waals surface area contributed by atoms with Crippen molar-refractivity contribution in [3.63, 3.8) is 0 Å². The molecule has 1 unspecified atom stereocenters. The molecular weight excluding hydrogens is 294 g/mol. The van der Waals surface area contributed by atoms with E-state index in [1.54, 1.807) is 4.31 Å². The van der Waals surface area contributed by atoms with Gasteiger partial charge in [-0.15, -0.1) is 10.2 Å². The number of aromatic nitrogens is 4. The van der Waals surface area contributed by atoms with Crippen LogP contribution in [0, 0.1) is 0 Å². The van der Waals surface area contributed by atoms with E-state index in [4.69, 9.17) is 0 Å². The SMILES string of the molecule is CCCNCC1CCCCN1S(=O)(=O)NCc1nn[nH]n1. The largest absolute Gasteiger partial charge is 0.315 e. The Labute approximate surface area is 125 Å². The van der Waals surface area contributed by atoms with Crippen LogP contribution in [0.3, 0.4) is 0 Å². The third kappa shape index (κ3) is 4.70. The van der Waals surface area contributed by atoms with Crippen LogP contribution < -0.4 is 10.0 Å². The van der Waals surface area contributed by atoms with Crippen LogP contribution in [-0.4, -0.2) is 59.0 Å². The molecular formula is C11H23N7O2S. The van der Waals surface area contributed by atoms with E-state index in [9.17, 15) is 8.42 Å². The van der Waals surface area contributed by atoms with Crippen LogP contribution >= 0.6 is 0 Å². The predicted molar refractivity (Wildman–Crippen MR) is 77.4 cm³/mol. The number of H-pyrrole nitrogens is 1. The average molecular weight is 317 g/mol. The molecule has 1 aromatic rings. The third-order valence-corrected chi connectivity index (χ3v) is 5.10. The molecule has 9 nitrogen and oxygen atoms in total. The normalized spacial score (nSPS) is 20.7. The Kier molecular flexibility index (Phi) is 6.03. The second-order valence-corrected chi connectivity index (χ2v) is 6.83. The van der Waals surface area contributed by atoms with Crippen LogP contribution in [0.2, 0.25) is 0 Å². The summed E-state index contributed by atoms with van der Waals surface area (Å²) in [5.74, 6) is 0.330. The second-order valence-electron chi connectivity index (χ2n) is 5.12. The lowest BCUT2D eigenvalue weighted by molar-refractivity contribution is 0.243. The molecule has 0 saturated carbocycles. The minimum absolute atomic E-state index is 0.00747. The first-order valence-corrected chi connectivity index (χ1v) is 8.77. The van der Waals surface area contributed by atoms with Crippen molar-refractivity contribution in [3.05, 3.63) is 5.82 Å². The highest BCUT2D eigenvalue weighted by atomic mass is 32.2. The maximum absolute atomic E-state index is 12.4. The van der Waals surface area contributed by atoms with Gasteiger partial charge >= 0.3 is 0 Å². The Bertz CT molecular complexity index is 505. The highest BCUT2D eigenvalue weighted by Crippen LogP contribution is 2.19. The topological polar surface area (TPSA) is 116 Å². The van der Waals surface area contributed by atoms with E-state index in [1.165, 1.54) is 0 Å². The van der Waals surface area contributed by atoms with Gasteiger partial charge in [-0.2, -0.15) is 22.7 Å². The molecule has 0 bridgehead atoms. The number of rotatable bonds is 8. The predicted octanol–water partition coefficient (Wildman–Crippen LogP) is -0.612. The number of hydrogen-bond donors (Lipinski definition) is 3.